The molecule has 2 aromatic rings. The van der Waals surface area contributed by atoms with Crippen molar-refractivity contribution in [2.75, 3.05) is 32.7 Å². The number of nitrogens with zero attached hydrogens (tertiary/aromatic N) is 4. The molecule has 1 aliphatic heterocycles. The monoisotopic (exact) mass is 368 g/mol. The van der Waals surface area contributed by atoms with E-state index in [2.05, 4.69) is 22.0 Å². The summed E-state index contributed by atoms with van der Waals surface area (Å²) in [5.41, 5.74) is 3.24. The molecule has 0 aliphatic carbocycles. The van der Waals surface area contributed by atoms with Crippen molar-refractivity contribution in [3.8, 4) is 11.4 Å². The summed E-state index contributed by atoms with van der Waals surface area (Å²) in [5.74, 6) is 1.46. The van der Waals surface area contributed by atoms with Gasteiger partial charge >= 0.3 is 0 Å². The van der Waals surface area contributed by atoms with Crippen molar-refractivity contribution in [3.05, 3.63) is 47.4 Å². The van der Waals surface area contributed by atoms with Gasteiger partial charge in [-0.05, 0) is 33.7 Å². The zero-order chi connectivity index (χ0) is 19.2. The topological polar surface area (TPSA) is 62.5 Å². The van der Waals surface area contributed by atoms with Gasteiger partial charge in [0.2, 0.25) is 17.6 Å². The largest absolute Gasteiger partial charge is 0.339 e. The molecular formula is C21H28N4O2. The maximum Gasteiger partial charge on any atom is 0.246 e. The number of aryl methyl sites for hydroxylation is 2. The quantitative estimate of drug-likeness (QED) is 0.733. The number of amides is 1. The lowest BCUT2D eigenvalue weighted by Gasteiger charge is -2.34. The van der Waals surface area contributed by atoms with Gasteiger partial charge in [-0.3, -0.25) is 9.69 Å². The van der Waals surface area contributed by atoms with E-state index in [-0.39, 0.29) is 5.91 Å². The van der Waals surface area contributed by atoms with E-state index >= 15 is 0 Å². The van der Waals surface area contributed by atoms with E-state index in [1.807, 2.05) is 43.0 Å². The molecule has 144 valence electrons. The second kappa shape index (κ2) is 8.95. The van der Waals surface area contributed by atoms with Crippen LogP contribution >= 0.6 is 0 Å². The number of hydrogen-bond acceptors (Lipinski definition) is 5. The van der Waals surface area contributed by atoms with Crippen molar-refractivity contribution in [2.45, 2.75) is 33.6 Å². The number of piperazine rings is 1. The van der Waals surface area contributed by atoms with Gasteiger partial charge in [0.25, 0.3) is 0 Å². The predicted molar refractivity (Wildman–Crippen MR) is 105 cm³/mol. The molecule has 1 aliphatic rings. The van der Waals surface area contributed by atoms with Crippen molar-refractivity contribution in [1.29, 1.82) is 0 Å². The summed E-state index contributed by atoms with van der Waals surface area (Å²) in [5, 5.41) is 4.09. The maximum atomic E-state index is 12.1. The highest BCUT2D eigenvalue weighted by molar-refractivity contribution is 5.88. The highest BCUT2D eigenvalue weighted by Gasteiger charge is 2.19. The summed E-state index contributed by atoms with van der Waals surface area (Å²) in [7, 11) is 0. The maximum absolute atomic E-state index is 12.1. The first kappa shape index (κ1) is 19.3. The van der Waals surface area contributed by atoms with Gasteiger partial charge in [-0.1, -0.05) is 40.6 Å². The molecule has 1 aromatic heterocycles. The molecule has 0 radical (unpaired) electrons. The third-order valence-corrected chi connectivity index (χ3v) is 4.74. The zero-order valence-corrected chi connectivity index (χ0v) is 16.4. The van der Waals surface area contributed by atoms with E-state index in [1.165, 1.54) is 5.56 Å². The van der Waals surface area contributed by atoms with Crippen molar-refractivity contribution < 1.29 is 9.32 Å². The van der Waals surface area contributed by atoms with Crippen LogP contribution in [0.25, 0.3) is 11.4 Å². The van der Waals surface area contributed by atoms with Gasteiger partial charge in [0, 0.05) is 44.2 Å². The number of benzene rings is 1. The molecule has 0 saturated carbocycles. The van der Waals surface area contributed by atoms with Crippen LogP contribution in [0.4, 0.5) is 0 Å². The predicted octanol–water partition coefficient (Wildman–Crippen LogP) is 3.09. The SMILES string of the molecule is CC(C)=CC(=O)N1CCN(CCCc2nc(-c3ccc(C)cc3)no2)CC1. The molecule has 3 rings (SSSR count). The van der Waals surface area contributed by atoms with E-state index in [1.54, 1.807) is 6.08 Å². The molecule has 1 amide bonds. The first-order valence-corrected chi connectivity index (χ1v) is 9.57. The van der Waals surface area contributed by atoms with Gasteiger partial charge in [-0.2, -0.15) is 4.98 Å². The van der Waals surface area contributed by atoms with Crippen LogP contribution in [-0.4, -0.2) is 58.6 Å². The second-order valence-corrected chi connectivity index (χ2v) is 7.37. The lowest BCUT2D eigenvalue weighted by molar-refractivity contribution is -0.127. The fourth-order valence-electron chi connectivity index (χ4n) is 3.16. The fraction of sp³-hybridized carbons (Fsp3) is 0.476. The van der Waals surface area contributed by atoms with Gasteiger partial charge in [-0.15, -0.1) is 0 Å². The minimum atomic E-state index is 0.129. The van der Waals surface area contributed by atoms with Crippen molar-refractivity contribution in [2.24, 2.45) is 0 Å². The minimum absolute atomic E-state index is 0.129. The first-order valence-electron chi connectivity index (χ1n) is 9.57. The molecule has 2 heterocycles. The summed E-state index contributed by atoms with van der Waals surface area (Å²) in [6.45, 7) is 10.4. The third kappa shape index (κ3) is 5.50. The van der Waals surface area contributed by atoms with Crippen LogP contribution < -0.4 is 0 Å². The molecule has 0 bridgehead atoms. The highest BCUT2D eigenvalue weighted by Crippen LogP contribution is 2.17. The molecule has 27 heavy (non-hydrogen) atoms. The van der Waals surface area contributed by atoms with Gasteiger partial charge in [-0.25, -0.2) is 0 Å². The average molecular weight is 368 g/mol. The molecule has 1 aromatic carbocycles. The number of carbonyl (C=O) groups excluding carboxylic acids is 1. The van der Waals surface area contributed by atoms with E-state index in [0.29, 0.717) is 11.7 Å². The molecule has 0 N–H and O–H groups in total. The Balaban J connectivity index is 1.41. The molecule has 6 nitrogen and oxygen atoms in total. The molecule has 1 saturated heterocycles. The van der Waals surface area contributed by atoms with Crippen molar-refractivity contribution in [3.63, 3.8) is 0 Å². The lowest BCUT2D eigenvalue weighted by atomic mass is 10.1. The van der Waals surface area contributed by atoms with Crippen molar-refractivity contribution in [1.82, 2.24) is 19.9 Å². The van der Waals surface area contributed by atoms with E-state index < -0.39 is 0 Å². The summed E-state index contributed by atoms with van der Waals surface area (Å²) >= 11 is 0. The third-order valence-electron chi connectivity index (χ3n) is 4.74. The molecule has 0 atom stereocenters. The Morgan fingerprint density at radius 2 is 1.85 bits per heavy atom. The highest BCUT2D eigenvalue weighted by atomic mass is 16.5. The smallest absolute Gasteiger partial charge is 0.246 e. The Morgan fingerprint density at radius 3 is 2.52 bits per heavy atom. The van der Waals surface area contributed by atoms with Crippen LogP contribution in [0.15, 0.2) is 40.4 Å². The number of carbonyl (C=O) groups is 1. The minimum Gasteiger partial charge on any atom is -0.339 e. The van der Waals surface area contributed by atoms with Crippen LogP contribution in [-0.2, 0) is 11.2 Å². The number of rotatable bonds is 6. The molecule has 0 spiro atoms. The Labute approximate surface area is 160 Å². The lowest BCUT2D eigenvalue weighted by Crippen LogP contribution is -2.48. The van der Waals surface area contributed by atoms with Crippen LogP contribution in [0.1, 0.15) is 31.7 Å². The number of hydrogen-bond donors (Lipinski definition) is 0. The van der Waals surface area contributed by atoms with Crippen LogP contribution in [0.3, 0.4) is 0 Å². The van der Waals surface area contributed by atoms with Crippen LogP contribution in [0.2, 0.25) is 0 Å². The Morgan fingerprint density at radius 1 is 1.15 bits per heavy atom. The number of aromatic nitrogens is 2. The van der Waals surface area contributed by atoms with E-state index in [9.17, 15) is 4.79 Å². The molecule has 1 fully saturated rings. The summed E-state index contributed by atoms with van der Waals surface area (Å²) in [4.78, 5) is 20.9. The molecule has 0 unspecified atom stereocenters. The van der Waals surface area contributed by atoms with Crippen LogP contribution in [0.5, 0.6) is 0 Å². The fourth-order valence-corrected chi connectivity index (χ4v) is 3.16. The molecular weight excluding hydrogens is 340 g/mol. The van der Waals surface area contributed by atoms with Gasteiger partial charge in [0.15, 0.2) is 0 Å². The average Bonchev–Trinajstić information content (AvgIpc) is 3.11. The van der Waals surface area contributed by atoms with E-state index in [4.69, 9.17) is 4.52 Å². The Hall–Kier alpha value is -2.47. The van der Waals surface area contributed by atoms with Gasteiger partial charge in [0.1, 0.15) is 0 Å². The Kier molecular flexibility index (Phi) is 6.40. The second-order valence-electron chi connectivity index (χ2n) is 7.37. The Bertz CT molecular complexity index is 783. The zero-order valence-electron chi connectivity index (χ0n) is 16.4. The van der Waals surface area contributed by atoms with Gasteiger partial charge in [0.05, 0.1) is 0 Å². The summed E-state index contributed by atoms with van der Waals surface area (Å²) in [6.07, 6.45) is 3.46. The summed E-state index contributed by atoms with van der Waals surface area (Å²) < 4.78 is 5.39. The normalized spacial score (nSPS) is 15.0. The molecule has 6 heteroatoms. The standard InChI is InChI=1S/C21H28N4O2/c1-16(2)15-20(26)25-13-11-24(12-14-25)10-4-5-19-22-21(23-27-19)18-8-6-17(3)7-9-18/h6-9,15H,4-5,10-14H2,1-3H3. The number of allylic oxidation sites excluding steroid dienone is 1. The van der Waals surface area contributed by atoms with E-state index in [0.717, 1.165) is 56.7 Å². The van der Waals surface area contributed by atoms with Gasteiger partial charge < -0.3 is 9.42 Å². The first-order chi connectivity index (χ1) is 13.0. The van der Waals surface area contributed by atoms with Crippen LogP contribution in [0, 0.1) is 6.92 Å². The summed E-state index contributed by atoms with van der Waals surface area (Å²) in [6, 6.07) is 8.13. The van der Waals surface area contributed by atoms with Crippen molar-refractivity contribution >= 4 is 5.91 Å².